The van der Waals surface area contributed by atoms with E-state index in [2.05, 4.69) is 45.7 Å². The van der Waals surface area contributed by atoms with E-state index < -0.39 is 0 Å². The molecule has 0 aliphatic heterocycles. The molecule has 0 spiro atoms. The Balaban J connectivity index is 1.45. The zero-order chi connectivity index (χ0) is 19.0. The molecule has 2 saturated carbocycles. The summed E-state index contributed by atoms with van der Waals surface area (Å²) >= 11 is 0. The van der Waals surface area contributed by atoms with E-state index in [0.29, 0.717) is 18.3 Å². The second-order valence-electron chi connectivity index (χ2n) is 8.35. The highest BCUT2D eigenvalue weighted by Crippen LogP contribution is 2.54. The summed E-state index contributed by atoms with van der Waals surface area (Å²) in [6, 6.07) is 11.0. The number of aromatic nitrogens is 3. The average molecular weight is 367 g/mol. The van der Waals surface area contributed by atoms with Crippen molar-refractivity contribution in [1.29, 1.82) is 0 Å². The van der Waals surface area contributed by atoms with Gasteiger partial charge >= 0.3 is 0 Å². The molecule has 5 atom stereocenters. The minimum atomic E-state index is 0.0172. The number of fused-ring (bicyclic) bond motifs is 1. The van der Waals surface area contributed by atoms with Crippen molar-refractivity contribution in [3.63, 3.8) is 0 Å². The Morgan fingerprint density at radius 2 is 1.89 bits per heavy atom. The van der Waals surface area contributed by atoms with E-state index in [1.54, 1.807) is 0 Å². The lowest BCUT2D eigenvalue weighted by Crippen LogP contribution is -2.59. The van der Waals surface area contributed by atoms with Crippen molar-refractivity contribution >= 4 is 5.91 Å². The van der Waals surface area contributed by atoms with Crippen LogP contribution in [0.5, 0.6) is 0 Å². The van der Waals surface area contributed by atoms with Crippen molar-refractivity contribution in [2.45, 2.75) is 70.9 Å². The maximum absolute atomic E-state index is 12.8. The first-order valence-corrected chi connectivity index (χ1v) is 10.3. The van der Waals surface area contributed by atoms with Gasteiger partial charge in [0.05, 0.1) is 6.04 Å². The third-order valence-electron chi connectivity index (χ3n) is 6.50. The molecule has 5 nitrogen and oxygen atoms in total. The van der Waals surface area contributed by atoms with Gasteiger partial charge in [-0.25, -0.2) is 9.67 Å². The van der Waals surface area contributed by atoms with Crippen LogP contribution in [0.25, 0.3) is 0 Å². The second kappa shape index (κ2) is 7.45. The summed E-state index contributed by atoms with van der Waals surface area (Å²) < 4.78 is 1.87. The Bertz CT molecular complexity index is 800. The van der Waals surface area contributed by atoms with Crippen LogP contribution in [-0.2, 0) is 4.79 Å². The predicted molar refractivity (Wildman–Crippen MR) is 105 cm³/mol. The van der Waals surface area contributed by atoms with Gasteiger partial charge in [-0.05, 0) is 51.0 Å². The average Bonchev–Trinajstić information content (AvgIpc) is 2.99. The minimum absolute atomic E-state index is 0.0172. The van der Waals surface area contributed by atoms with E-state index in [4.69, 9.17) is 0 Å². The lowest BCUT2D eigenvalue weighted by atomic mass is 9.53. The number of aryl methyl sites for hydroxylation is 2. The molecule has 2 aromatic rings. The van der Waals surface area contributed by atoms with Crippen LogP contribution in [0.3, 0.4) is 0 Å². The van der Waals surface area contributed by atoms with Crippen LogP contribution in [0.1, 0.15) is 68.2 Å². The summed E-state index contributed by atoms with van der Waals surface area (Å²) in [6.45, 7) is 5.87. The number of amides is 1. The summed E-state index contributed by atoms with van der Waals surface area (Å²) in [5.41, 5.74) is 1.38. The molecule has 1 N–H and O–H groups in total. The highest BCUT2D eigenvalue weighted by Gasteiger charge is 2.51. The Morgan fingerprint density at radius 3 is 2.56 bits per heavy atom. The summed E-state index contributed by atoms with van der Waals surface area (Å²) in [7, 11) is 0. The Labute approximate surface area is 161 Å². The zero-order valence-electron chi connectivity index (χ0n) is 16.6. The van der Waals surface area contributed by atoms with Crippen molar-refractivity contribution in [3.8, 4) is 0 Å². The lowest BCUT2D eigenvalue weighted by molar-refractivity contribution is -0.125. The van der Waals surface area contributed by atoms with E-state index in [1.807, 2.05) is 25.5 Å². The Kier molecular flexibility index (Phi) is 5.02. The number of nitrogens with one attached hydrogen (secondary N) is 1. The van der Waals surface area contributed by atoms with Crippen molar-refractivity contribution < 1.29 is 4.79 Å². The summed E-state index contributed by atoms with van der Waals surface area (Å²) in [5.74, 6) is 3.58. The van der Waals surface area contributed by atoms with Gasteiger partial charge in [-0.2, -0.15) is 5.10 Å². The molecule has 0 bridgehead atoms. The molecule has 2 aliphatic rings. The van der Waals surface area contributed by atoms with Crippen LogP contribution in [0.2, 0.25) is 0 Å². The molecule has 1 heterocycles. The highest BCUT2D eigenvalue weighted by molar-refractivity contribution is 5.77. The molecule has 4 rings (SSSR count). The van der Waals surface area contributed by atoms with Gasteiger partial charge in [-0.15, -0.1) is 0 Å². The number of nitrogens with zero attached hydrogens (tertiary/aromatic N) is 3. The van der Waals surface area contributed by atoms with Gasteiger partial charge in [-0.1, -0.05) is 43.2 Å². The number of carbonyl (C=O) groups is 1. The van der Waals surface area contributed by atoms with E-state index in [1.165, 1.54) is 31.2 Å². The number of hydrogen-bond acceptors (Lipinski definition) is 3. The van der Waals surface area contributed by atoms with E-state index >= 15 is 0 Å². The molecule has 144 valence electrons. The molecule has 0 saturated heterocycles. The molecule has 0 radical (unpaired) electrons. The highest BCUT2D eigenvalue weighted by atomic mass is 16.1. The fraction of sp³-hybridized carbons (Fsp3) is 0.591. The van der Waals surface area contributed by atoms with Gasteiger partial charge in [0.15, 0.2) is 0 Å². The van der Waals surface area contributed by atoms with Crippen LogP contribution in [0, 0.1) is 25.7 Å². The number of hydrogen-bond donors (Lipinski definition) is 1. The molecule has 1 aromatic heterocycles. The van der Waals surface area contributed by atoms with Crippen LogP contribution in [-0.4, -0.2) is 26.7 Å². The lowest BCUT2D eigenvalue weighted by Gasteiger charge is -2.55. The van der Waals surface area contributed by atoms with Crippen LogP contribution >= 0.6 is 0 Å². The Hall–Kier alpha value is -2.17. The minimum Gasteiger partial charge on any atom is -0.352 e. The maximum Gasteiger partial charge on any atom is 0.222 e. The van der Waals surface area contributed by atoms with Gasteiger partial charge < -0.3 is 5.32 Å². The first-order chi connectivity index (χ1) is 13.0. The molecule has 27 heavy (non-hydrogen) atoms. The van der Waals surface area contributed by atoms with Crippen LogP contribution < -0.4 is 5.32 Å². The standard InChI is InChI=1S/C22H30N4O/c1-14(26-16(3)23-15(2)25-26)13-20(27)24-22-19-12-8-7-11-18(19)21(22)17-9-5-4-6-10-17/h4-6,9-10,14,18-19,21-22H,7-8,11-13H2,1-3H3,(H,24,27)/t14-,18-,19+,21+,22+/m1/s1. The summed E-state index contributed by atoms with van der Waals surface area (Å²) in [6.07, 6.45) is 5.61. The fourth-order valence-electron chi connectivity index (χ4n) is 5.35. The topological polar surface area (TPSA) is 59.8 Å². The van der Waals surface area contributed by atoms with Gasteiger partial charge in [-0.3, -0.25) is 4.79 Å². The monoisotopic (exact) mass is 366 g/mol. The van der Waals surface area contributed by atoms with Crippen molar-refractivity contribution in [3.05, 3.63) is 47.5 Å². The summed E-state index contributed by atoms with van der Waals surface area (Å²) in [4.78, 5) is 17.2. The zero-order valence-corrected chi connectivity index (χ0v) is 16.6. The predicted octanol–water partition coefficient (Wildman–Crippen LogP) is 3.93. The van der Waals surface area contributed by atoms with E-state index in [9.17, 15) is 4.79 Å². The first-order valence-electron chi connectivity index (χ1n) is 10.3. The normalized spacial score (nSPS) is 28.1. The molecular formula is C22H30N4O. The molecule has 2 fully saturated rings. The molecule has 2 aliphatic carbocycles. The van der Waals surface area contributed by atoms with Gasteiger partial charge in [0.2, 0.25) is 5.91 Å². The molecule has 1 aromatic carbocycles. The van der Waals surface area contributed by atoms with Gasteiger partial charge in [0.25, 0.3) is 0 Å². The second-order valence-corrected chi connectivity index (χ2v) is 8.35. The number of rotatable bonds is 5. The van der Waals surface area contributed by atoms with Gasteiger partial charge in [0, 0.05) is 18.4 Å². The number of carbonyl (C=O) groups excluding carboxylic acids is 1. The molecule has 1 amide bonds. The molecule has 0 unspecified atom stereocenters. The Morgan fingerprint density at radius 1 is 1.19 bits per heavy atom. The fourth-order valence-corrected chi connectivity index (χ4v) is 5.35. The van der Waals surface area contributed by atoms with E-state index in [0.717, 1.165) is 17.6 Å². The SMILES string of the molecule is Cc1nc(C)n([C@H](C)CC(=O)N[C@H]2[C@H]3CCCC[C@H]3[C@@H]2c2ccccc2)n1. The van der Waals surface area contributed by atoms with Crippen molar-refractivity contribution in [2.24, 2.45) is 11.8 Å². The quantitative estimate of drug-likeness (QED) is 0.872. The molecular weight excluding hydrogens is 336 g/mol. The third-order valence-corrected chi connectivity index (χ3v) is 6.50. The maximum atomic E-state index is 12.8. The van der Waals surface area contributed by atoms with E-state index in [-0.39, 0.29) is 18.0 Å². The molecule has 5 heteroatoms. The smallest absolute Gasteiger partial charge is 0.222 e. The van der Waals surface area contributed by atoms with Gasteiger partial charge in [0.1, 0.15) is 11.6 Å². The third kappa shape index (κ3) is 3.52. The van der Waals surface area contributed by atoms with Crippen molar-refractivity contribution in [2.75, 3.05) is 0 Å². The largest absolute Gasteiger partial charge is 0.352 e. The number of benzene rings is 1. The van der Waals surface area contributed by atoms with Crippen molar-refractivity contribution in [1.82, 2.24) is 20.1 Å². The van der Waals surface area contributed by atoms with Crippen LogP contribution in [0.4, 0.5) is 0 Å². The first kappa shape index (κ1) is 18.2. The summed E-state index contributed by atoms with van der Waals surface area (Å²) in [5, 5.41) is 7.82. The van der Waals surface area contributed by atoms with Crippen LogP contribution in [0.15, 0.2) is 30.3 Å².